The molecule has 2 rings (SSSR count). The molecule has 1 heterocycles. The zero-order valence-corrected chi connectivity index (χ0v) is 12.1. The van der Waals surface area contributed by atoms with Crippen LogP contribution in [0.2, 0.25) is 5.02 Å². The van der Waals surface area contributed by atoms with Crippen LogP contribution in [-0.2, 0) is 4.79 Å². The molecule has 0 aliphatic carbocycles. The van der Waals surface area contributed by atoms with Gasteiger partial charge in [-0.15, -0.1) is 0 Å². The van der Waals surface area contributed by atoms with Gasteiger partial charge in [0.1, 0.15) is 0 Å². The second-order valence-corrected chi connectivity index (χ2v) is 4.79. The standard InChI is InChI=1S/C15H14ClN3O2/c1-10-12(16)5-2-6-13(10)19-14(20)9-18-15(21)11-4-3-7-17-8-11/h2-8H,9H2,1H3,(H,18,21)(H,19,20). The summed E-state index contributed by atoms with van der Waals surface area (Å²) in [5.74, 6) is -0.668. The number of anilines is 1. The monoisotopic (exact) mass is 303 g/mol. The van der Waals surface area contributed by atoms with Gasteiger partial charge in [-0.05, 0) is 36.8 Å². The molecule has 1 aromatic heterocycles. The van der Waals surface area contributed by atoms with Gasteiger partial charge in [0.25, 0.3) is 5.91 Å². The van der Waals surface area contributed by atoms with E-state index in [1.54, 1.807) is 36.5 Å². The largest absolute Gasteiger partial charge is 0.343 e. The lowest BCUT2D eigenvalue weighted by Gasteiger charge is -2.10. The third kappa shape index (κ3) is 4.03. The van der Waals surface area contributed by atoms with Gasteiger partial charge < -0.3 is 10.6 Å². The van der Waals surface area contributed by atoms with Crippen molar-refractivity contribution in [1.82, 2.24) is 10.3 Å². The number of carbonyl (C=O) groups is 2. The van der Waals surface area contributed by atoms with Crippen molar-refractivity contribution in [3.8, 4) is 0 Å². The first-order valence-electron chi connectivity index (χ1n) is 6.31. The van der Waals surface area contributed by atoms with Crippen LogP contribution in [0.3, 0.4) is 0 Å². The third-order valence-electron chi connectivity index (χ3n) is 2.88. The number of halogens is 1. The molecule has 0 aliphatic heterocycles. The SMILES string of the molecule is Cc1c(Cl)cccc1NC(=O)CNC(=O)c1cccnc1. The van der Waals surface area contributed by atoms with E-state index in [0.29, 0.717) is 16.3 Å². The molecule has 0 unspecified atom stereocenters. The van der Waals surface area contributed by atoms with Gasteiger partial charge in [0.2, 0.25) is 5.91 Å². The first-order chi connectivity index (χ1) is 10.1. The Morgan fingerprint density at radius 3 is 2.76 bits per heavy atom. The lowest BCUT2D eigenvalue weighted by molar-refractivity contribution is -0.115. The Morgan fingerprint density at radius 1 is 1.24 bits per heavy atom. The van der Waals surface area contributed by atoms with Crippen LogP contribution in [0.1, 0.15) is 15.9 Å². The Balaban J connectivity index is 1.91. The van der Waals surface area contributed by atoms with Crippen molar-refractivity contribution < 1.29 is 9.59 Å². The van der Waals surface area contributed by atoms with E-state index in [2.05, 4.69) is 15.6 Å². The number of hydrogen-bond donors (Lipinski definition) is 2. The maximum atomic E-state index is 11.8. The number of amides is 2. The van der Waals surface area contributed by atoms with Crippen molar-refractivity contribution in [2.45, 2.75) is 6.92 Å². The van der Waals surface area contributed by atoms with E-state index in [9.17, 15) is 9.59 Å². The van der Waals surface area contributed by atoms with E-state index in [4.69, 9.17) is 11.6 Å². The summed E-state index contributed by atoms with van der Waals surface area (Å²) in [4.78, 5) is 27.4. The molecule has 0 aliphatic rings. The molecule has 0 fully saturated rings. The minimum atomic E-state index is -0.346. The van der Waals surface area contributed by atoms with Gasteiger partial charge in [-0.2, -0.15) is 0 Å². The second-order valence-electron chi connectivity index (χ2n) is 4.38. The second kappa shape index (κ2) is 6.85. The summed E-state index contributed by atoms with van der Waals surface area (Å²) in [6, 6.07) is 8.53. The number of carbonyl (C=O) groups excluding carboxylic acids is 2. The van der Waals surface area contributed by atoms with Crippen molar-refractivity contribution in [1.29, 1.82) is 0 Å². The summed E-state index contributed by atoms with van der Waals surface area (Å²) in [7, 11) is 0. The molecule has 21 heavy (non-hydrogen) atoms. The van der Waals surface area contributed by atoms with Gasteiger partial charge in [-0.25, -0.2) is 0 Å². The van der Waals surface area contributed by atoms with Gasteiger partial charge >= 0.3 is 0 Å². The summed E-state index contributed by atoms with van der Waals surface area (Å²) in [6.45, 7) is 1.69. The zero-order chi connectivity index (χ0) is 15.2. The van der Waals surface area contributed by atoms with Crippen LogP contribution in [0.15, 0.2) is 42.7 Å². The molecule has 2 N–H and O–H groups in total. The van der Waals surface area contributed by atoms with Gasteiger partial charge in [0.05, 0.1) is 12.1 Å². The topological polar surface area (TPSA) is 71.1 Å². The molecule has 0 radical (unpaired) electrons. The van der Waals surface area contributed by atoms with Crippen molar-refractivity contribution in [2.24, 2.45) is 0 Å². The summed E-state index contributed by atoms with van der Waals surface area (Å²) in [5.41, 5.74) is 1.82. The van der Waals surface area contributed by atoms with Crippen molar-refractivity contribution in [2.75, 3.05) is 11.9 Å². The van der Waals surface area contributed by atoms with Crippen LogP contribution in [0.5, 0.6) is 0 Å². The molecule has 0 saturated carbocycles. The first-order valence-corrected chi connectivity index (χ1v) is 6.69. The zero-order valence-electron chi connectivity index (χ0n) is 11.4. The molecule has 2 amide bonds. The number of aromatic nitrogens is 1. The number of benzene rings is 1. The van der Waals surface area contributed by atoms with Crippen LogP contribution >= 0.6 is 11.6 Å². The molecule has 1 aromatic carbocycles. The molecule has 0 bridgehead atoms. The van der Waals surface area contributed by atoms with E-state index in [-0.39, 0.29) is 18.4 Å². The number of rotatable bonds is 4. The molecule has 0 spiro atoms. The highest BCUT2D eigenvalue weighted by atomic mass is 35.5. The van der Waals surface area contributed by atoms with Crippen LogP contribution in [0.25, 0.3) is 0 Å². The number of hydrogen-bond acceptors (Lipinski definition) is 3. The average molecular weight is 304 g/mol. The lowest BCUT2D eigenvalue weighted by Crippen LogP contribution is -2.33. The van der Waals surface area contributed by atoms with Crippen LogP contribution in [0, 0.1) is 6.92 Å². The van der Waals surface area contributed by atoms with Crippen LogP contribution < -0.4 is 10.6 Å². The normalized spacial score (nSPS) is 10.0. The van der Waals surface area contributed by atoms with Gasteiger partial charge in [0, 0.05) is 23.1 Å². The van der Waals surface area contributed by atoms with Gasteiger partial charge in [0.15, 0.2) is 0 Å². The smallest absolute Gasteiger partial charge is 0.253 e. The summed E-state index contributed by atoms with van der Waals surface area (Å²) in [6.07, 6.45) is 3.01. The maximum absolute atomic E-state index is 11.8. The first kappa shape index (κ1) is 15.0. The van der Waals surface area contributed by atoms with Crippen molar-refractivity contribution >= 4 is 29.1 Å². The Morgan fingerprint density at radius 2 is 2.05 bits per heavy atom. The van der Waals surface area contributed by atoms with E-state index in [0.717, 1.165) is 5.56 Å². The molecule has 0 atom stereocenters. The number of nitrogens with zero attached hydrogens (tertiary/aromatic N) is 1. The predicted molar refractivity (Wildman–Crippen MR) is 81.4 cm³/mol. The Hall–Kier alpha value is -2.40. The van der Waals surface area contributed by atoms with Crippen LogP contribution in [-0.4, -0.2) is 23.3 Å². The van der Waals surface area contributed by atoms with E-state index >= 15 is 0 Å². The van der Waals surface area contributed by atoms with Crippen molar-refractivity contribution in [3.63, 3.8) is 0 Å². The highest BCUT2D eigenvalue weighted by Gasteiger charge is 2.09. The minimum absolute atomic E-state index is 0.125. The van der Waals surface area contributed by atoms with Gasteiger partial charge in [-0.3, -0.25) is 14.6 Å². The molecule has 6 heteroatoms. The Bertz CT molecular complexity index is 659. The molecule has 5 nitrogen and oxygen atoms in total. The van der Waals surface area contributed by atoms with Crippen LogP contribution in [0.4, 0.5) is 5.69 Å². The fourth-order valence-corrected chi connectivity index (χ4v) is 1.87. The summed E-state index contributed by atoms with van der Waals surface area (Å²) < 4.78 is 0. The van der Waals surface area contributed by atoms with E-state index in [1.807, 2.05) is 6.92 Å². The van der Waals surface area contributed by atoms with Crippen molar-refractivity contribution in [3.05, 3.63) is 58.9 Å². The minimum Gasteiger partial charge on any atom is -0.343 e. The highest BCUT2D eigenvalue weighted by molar-refractivity contribution is 6.31. The number of pyridine rings is 1. The molecular formula is C15H14ClN3O2. The highest BCUT2D eigenvalue weighted by Crippen LogP contribution is 2.22. The maximum Gasteiger partial charge on any atom is 0.253 e. The molecule has 108 valence electrons. The molecular weight excluding hydrogens is 290 g/mol. The van der Waals surface area contributed by atoms with E-state index < -0.39 is 0 Å². The van der Waals surface area contributed by atoms with Gasteiger partial charge in [-0.1, -0.05) is 17.7 Å². The predicted octanol–water partition coefficient (Wildman–Crippen LogP) is 2.41. The average Bonchev–Trinajstić information content (AvgIpc) is 2.50. The Labute approximate surface area is 127 Å². The summed E-state index contributed by atoms with van der Waals surface area (Å²) >= 11 is 5.98. The third-order valence-corrected chi connectivity index (χ3v) is 3.28. The molecule has 0 saturated heterocycles. The fourth-order valence-electron chi connectivity index (χ4n) is 1.70. The lowest BCUT2D eigenvalue weighted by atomic mass is 10.2. The fraction of sp³-hybridized carbons (Fsp3) is 0.133. The Kier molecular flexibility index (Phi) is 4.90. The molecule has 2 aromatic rings. The van der Waals surface area contributed by atoms with E-state index in [1.165, 1.54) is 6.20 Å². The number of nitrogens with one attached hydrogen (secondary N) is 2. The summed E-state index contributed by atoms with van der Waals surface area (Å²) in [5, 5.41) is 5.81. The quantitative estimate of drug-likeness (QED) is 0.911.